The Labute approximate surface area is 142 Å². The number of nitrogens with zero attached hydrogens (tertiary/aromatic N) is 4. The van der Waals surface area contributed by atoms with Crippen LogP contribution in [0.25, 0.3) is 5.69 Å². The monoisotopic (exact) mass is 322 g/mol. The number of para-hydroxylation sites is 1. The van der Waals surface area contributed by atoms with Crippen molar-refractivity contribution in [2.24, 2.45) is 0 Å². The molecule has 1 aromatic carbocycles. The number of hydrogen-bond acceptors (Lipinski definition) is 3. The second-order valence-electron chi connectivity index (χ2n) is 5.94. The van der Waals surface area contributed by atoms with Gasteiger partial charge in [0.05, 0.1) is 17.8 Å². The second kappa shape index (κ2) is 7.80. The summed E-state index contributed by atoms with van der Waals surface area (Å²) in [4.78, 5) is 16.7. The molecule has 5 nitrogen and oxygen atoms in total. The van der Waals surface area contributed by atoms with Gasteiger partial charge in [0.15, 0.2) is 0 Å². The summed E-state index contributed by atoms with van der Waals surface area (Å²) in [6, 6.07) is 11.8. The van der Waals surface area contributed by atoms with E-state index < -0.39 is 0 Å². The quantitative estimate of drug-likeness (QED) is 0.785. The molecule has 1 saturated heterocycles. The van der Waals surface area contributed by atoms with Gasteiger partial charge in [0, 0.05) is 45.3 Å². The van der Waals surface area contributed by atoms with Gasteiger partial charge < -0.3 is 4.90 Å². The number of carbonyl (C=O) groups is 1. The van der Waals surface area contributed by atoms with Gasteiger partial charge in [-0.05, 0) is 18.2 Å². The van der Waals surface area contributed by atoms with Crippen molar-refractivity contribution in [1.29, 1.82) is 0 Å². The zero-order valence-corrected chi connectivity index (χ0v) is 13.8. The molecule has 124 valence electrons. The lowest BCUT2D eigenvalue weighted by Gasteiger charge is -2.34. The summed E-state index contributed by atoms with van der Waals surface area (Å²) < 4.78 is 1.81. The molecule has 3 rings (SSSR count). The Morgan fingerprint density at radius 3 is 2.58 bits per heavy atom. The van der Waals surface area contributed by atoms with Gasteiger partial charge in [0.2, 0.25) is 5.91 Å². The molecule has 0 atom stereocenters. The number of carbonyl (C=O) groups excluding carboxylic acids is 1. The lowest BCUT2D eigenvalue weighted by atomic mass is 10.2. The zero-order valence-electron chi connectivity index (χ0n) is 13.8. The molecule has 0 saturated carbocycles. The largest absolute Gasteiger partial charge is 0.340 e. The van der Waals surface area contributed by atoms with Crippen LogP contribution in [0.2, 0.25) is 0 Å². The molecule has 24 heavy (non-hydrogen) atoms. The Balaban J connectivity index is 1.53. The van der Waals surface area contributed by atoms with Gasteiger partial charge in [0.25, 0.3) is 0 Å². The molecule has 1 fully saturated rings. The average Bonchev–Trinajstić information content (AvgIpc) is 3.09. The number of aromatic nitrogens is 2. The number of benzene rings is 1. The van der Waals surface area contributed by atoms with Crippen LogP contribution in [0.4, 0.5) is 0 Å². The third kappa shape index (κ3) is 4.03. The fourth-order valence-corrected chi connectivity index (χ4v) is 2.89. The van der Waals surface area contributed by atoms with Crippen molar-refractivity contribution in [1.82, 2.24) is 19.6 Å². The summed E-state index contributed by atoms with van der Waals surface area (Å²) in [5, 5.41) is 4.51. The third-order valence-electron chi connectivity index (χ3n) is 4.29. The number of amides is 1. The summed E-state index contributed by atoms with van der Waals surface area (Å²) >= 11 is 0. The Morgan fingerprint density at radius 2 is 1.88 bits per heavy atom. The smallest absolute Gasteiger partial charge is 0.228 e. The predicted octanol–water partition coefficient (Wildman–Crippen LogP) is 1.58. The molecule has 0 unspecified atom stereocenters. The maximum atomic E-state index is 12.5. The lowest BCUT2D eigenvalue weighted by Crippen LogP contribution is -2.49. The van der Waals surface area contributed by atoms with Crippen molar-refractivity contribution in [3.05, 3.63) is 48.3 Å². The summed E-state index contributed by atoms with van der Waals surface area (Å²) in [5.41, 5.74) is 1.80. The van der Waals surface area contributed by atoms with Crippen LogP contribution in [-0.2, 0) is 11.2 Å². The Bertz CT molecular complexity index is 708. The minimum Gasteiger partial charge on any atom is -0.340 e. The molecule has 1 aromatic heterocycles. The highest BCUT2D eigenvalue weighted by Gasteiger charge is 2.21. The van der Waals surface area contributed by atoms with E-state index in [0.29, 0.717) is 6.42 Å². The fraction of sp³-hybridized carbons (Fsp3) is 0.368. The molecule has 1 aliphatic rings. The molecular weight excluding hydrogens is 300 g/mol. The van der Waals surface area contributed by atoms with Crippen LogP contribution in [0.1, 0.15) is 12.1 Å². The highest BCUT2D eigenvalue weighted by Crippen LogP contribution is 2.09. The first kappa shape index (κ1) is 16.3. The highest BCUT2D eigenvalue weighted by atomic mass is 16.2. The lowest BCUT2D eigenvalue weighted by molar-refractivity contribution is -0.132. The van der Waals surface area contributed by atoms with Crippen molar-refractivity contribution >= 4 is 5.91 Å². The maximum absolute atomic E-state index is 12.5. The zero-order chi connectivity index (χ0) is 16.8. The molecule has 5 heteroatoms. The van der Waals surface area contributed by atoms with Crippen LogP contribution in [0.15, 0.2) is 42.6 Å². The van der Waals surface area contributed by atoms with E-state index in [1.807, 2.05) is 47.5 Å². The van der Waals surface area contributed by atoms with E-state index in [4.69, 9.17) is 6.42 Å². The van der Waals surface area contributed by atoms with E-state index >= 15 is 0 Å². The molecule has 0 bridgehead atoms. The van der Waals surface area contributed by atoms with Crippen LogP contribution in [0.5, 0.6) is 0 Å². The third-order valence-corrected chi connectivity index (χ3v) is 4.29. The summed E-state index contributed by atoms with van der Waals surface area (Å²) in [6.07, 6.45) is 8.32. The SMILES string of the molecule is C#CCCN1CCN(C(=O)Cc2ccn(-c3ccccc3)n2)CC1. The van der Waals surface area contributed by atoms with Gasteiger partial charge in [-0.3, -0.25) is 9.69 Å². The summed E-state index contributed by atoms with van der Waals surface area (Å²) in [5.74, 6) is 2.81. The van der Waals surface area contributed by atoms with Crippen LogP contribution in [0.3, 0.4) is 0 Å². The molecule has 1 amide bonds. The van der Waals surface area contributed by atoms with E-state index in [2.05, 4.69) is 15.9 Å². The van der Waals surface area contributed by atoms with Crippen molar-refractivity contribution < 1.29 is 4.79 Å². The van der Waals surface area contributed by atoms with Crippen molar-refractivity contribution in [2.45, 2.75) is 12.8 Å². The van der Waals surface area contributed by atoms with Crippen molar-refractivity contribution in [3.8, 4) is 18.0 Å². The minimum atomic E-state index is 0.143. The van der Waals surface area contributed by atoms with Gasteiger partial charge in [-0.1, -0.05) is 18.2 Å². The van der Waals surface area contributed by atoms with E-state index in [-0.39, 0.29) is 5.91 Å². The minimum absolute atomic E-state index is 0.143. The number of hydrogen-bond donors (Lipinski definition) is 0. The normalized spacial score (nSPS) is 15.2. The van der Waals surface area contributed by atoms with Crippen LogP contribution in [-0.4, -0.2) is 58.2 Å². The van der Waals surface area contributed by atoms with Gasteiger partial charge in [-0.25, -0.2) is 4.68 Å². The van der Waals surface area contributed by atoms with E-state index in [0.717, 1.165) is 50.5 Å². The molecule has 2 aromatic rings. The number of piperazine rings is 1. The van der Waals surface area contributed by atoms with Crippen LogP contribution >= 0.6 is 0 Å². The summed E-state index contributed by atoms with van der Waals surface area (Å²) in [7, 11) is 0. The summed E-state index contributed by atoms with van der Waals surface area (Å²) in [6.45, 7) is 4.24. The number of rotatable bonds is 5. The van der Waals surface area contributed by atoms with Gasteiger partial charge in [-0.2, -0.15) is 5.10 Å². The maximum Gasteiger partial charge on any atom is 0.228 e. The Morgan fingerprint density at radius 1 is 1.12 bits per heavy atom. The molecule has 1 aliphatic heterocycles. The molecule has 2 heterocycles. The van der Waals surface area contributed by atoms with Crippen molar-refractivity contribution in [2.75, 3.05) is 32.7 Å². The standard InChI is InChI=1S/C19H22N4O/c1-2-3-10-21-12-14-22(15-13-21)19(24)16-17-9-11-23(20-17)18-7-5-4-6-8-18/h1,4-9,11H,3,10,12-16H2. The Kier molecular flexibility index (Phi) is 5.29. The van der Waals surface area contributed by atoms with E-state index in [1.54, 1.807) is 4.68 Å². The molecule has 0 aliphatic carbocycles. The van der Waals surface area contributed by atoms with Crippen LogP contribution in [0, 0.1) is 12.3 Å². The molecule has 0 spiro atoms. The topological polar surface area (TPSA) is 41.4 Å². The first-order chi connectivity index (χ1) is 11.8. The predicted molar refractivity (Wildman–Crippen MR) is 93.7 cm³/mol. The first-order valence-electron chi connectivity index (χ1n) is 8.30. The fourth-order valence-electron chi connectivity index (χ4n) is 2.89. The number of terminal acetylenes is 1. The van der Waals surface area contributed by atoms with Crippen molar-refractivity contribution in [3.63, 3.8) is 0 Å². The van der Waals surface area contributed by atoms with E-state index in [9.17, 15) is 4.79 Å². The van der Waals surface area contributed by atoms with Crippen LogP contribution < -0.4 is 0 Å². The Hall–Kier alpha value is -2.58. The van der Waals surface area contributed by atoms with Gasteiger partial charge in [-0.15, -0.1) is 12.3 Å². The molecule has 0 radical (unpaired) electrons. The molecular formula is C19H22N4O. The first-order valence-corrected chi connectivity index (χ1v) is 8.30. The van der Waals surface area contributed by atoms with E-state index in [1.165, 1.54) is 0 Å². The van der Waals surface area contributed by atoms with Gasteiger partial charge >= 0.3 is 0 Å². The second-order valence-corrected chi connectivity index (χ2v) is 5.94. The highest BCUT2D eigenvalue weighted by molar-refractivity contribution is 5.78. The average molecular weight is 322 g/mol. The molecule has 0 N–H and O–H groups in total. The van der Waals surface area contributed by atoms with Gasteiger partial charge in [0.1, 0.15) is 0 Å².